The quantitative estimate of drug-likeness (QED) is 0.878. The van der Waals surface area contributed by atoms with Gasteiger partial charge in [-0.15, -0.1) is 11.3 Å². The molecule has 3 heteroatoms. The zero-order chi connectivity index (χ0) is 13.8. The van der Waals surface area contributed by atoms with Crippen molar-refractivity contribution in [2.75, 3.05) is 6.54 Å². The molecule has 0 amide bonds. The molecule has 1 aromatic carbocycles. The Morgan fingerprint density at radius 2 is 1.84 bits per heavy atom. The molecule has 0 bridgehead atoms. The van der Waals surface area contributed by atoms with Gasteiger partial charge in [0.15, 0.2) is 0 Å². The van der Waals surface area contributed by atoms with Crippen molar-refractivity contribution in [2.24, 2.45) is 5.73 Å². The molecule has 0 saturated heterocycles. The Balaban J connectivity index is 2.23. The highest BCUT2D eigenvalue weighted by Crippen LogP contribution is 2.34. The van der Waals surface area contributed by atoms with Crippen LogP contribution in [0.5, 0.6) is 0 Å². The number of nitrogens with two attached hydrogens (primary N) is 1. The standard InChI is InChI=1S/C16H21NOS/c1-3-13-8-9-15(19-13)16(18)14(10-17)12-6-4-11(2)5-7-12/h4-9,14,16,18H,3,10,17H2,1-2H3. The normalized spacial score (nSPS) is 14.3. The maximum atomic E-state index is 10.5. The third kappa shape index (κ3) is 3.24. The number of hydrogen-bond donors (Lipinski definition) is 2. The van der Waals surface area contributed by atoms with E-state index in [0.717, 1.165) is 16.9 Å². The third-order valence-electron chi connectivity index (χ3n) is 3.46. The molecule has 2 nitrogen and oxygen atoms in total. The molecule has 1 heterocycles. The highest BCUT2D eigenvalue weighted by atomic mass is 32.1. The summed E-state index contributed by atoms with van der Waals surface area (Å²) in [4.78, 5) is 2.31. The lowest BCUT2D eigenvalue weighted by molar-refractivity contribution is 0.151. The van der Waals surface area contributed by atoms with Crippen LogP contribution in [0.2, 0.25) is 0 Å². The lowest BCUT2D eigenvalue weighted by atomic mass is 9.92. The summed E-state index contributed by atoms with van der Waals surface area (Å²) in [6, 6.07) is 12.4. The minimum Gasteiger partial charge on any atom is -0.387 e. The molecule has 0 fully saturated rings. The molecule has 0 aliphatic carbocycles. The summed E-state index contributed by atoms with van der Waals surface area (Å²) in [5.74, 6) is -0.0380. The molecule has 0 spiro atoms. The molecular weight excluding hydrogens is 254 g/mol. The summed E-state index contributed by atoms with van der Waals surface area (Å²) in [7, 11) is 0. The molecule has 2 rings (SSSR count). The number of hydrogen-bond acceptors (Lipinski definition) is 3. The Morgan fingerprint density at radius 1 is 1.16 bits per heavy atom. The van der Waals surface area contributed by atoms with Gasteiger partial charge >= 0.3 is 0 Å². The Bertz CT molecular complexity index is 518. The van der Waals surface area contributed by atoms with Crippen molar-refractivity contribution in [1.82, 2.24) is 0 Å². The molecule has 0 aliphatic heterocycles. The summed E-state index contributed by atoms with van der Waals surface area (Å²) >= 11 is 1.68. The van der Waals surface area contributed by atoms with Gasteiger partial charge in [-0.3, -0.25) is 0 Å². The van der Waals surface area contributed by atoms with Gasteiger partial charge in [0.05, 0.1) is 6.10 Å². The predicted octanol–water partition coefficient (Wildman–Crippen LogP) is 3.39. The number of benzene rings is 1. The fourth-order valence-electron chi connectivity index (χ4n) is 2.20. The van der Waals surface area contributed by atoms with Gasteiger partial charge in [-0.1, -0.05) is 36.8 Å². The molecule has 19 heavy (non-hydrogen) atoms. The van der Waals surface area contributed by atoms with Crippen LogP contribution in [0.15, 0.2) is 36.4 Å². The van der Waals surface area contributed by atoms with Gasteiger partial charge in [0.1, 0.15) is 0 Å². The maximum absolute atomic E-state index is 10.5. The van der Waals surface area contributed by atoms with Crippen molar-refractivity contribution in [2.45, 2.75) is 32.3 Å². The topological polar surface area (TPSA) is 46.2 Å². The van der Waals surface area contributed by atoms with Crippen molar-refractivity contribution in [3.05, 3.63) is 57.3 Å². The van der Waals surface area contributed by atoms with Gasteiger partial charge in [0, 0.05) is 22.2 Å². The van der Waals surface area contributed by atoms with Crippen LogP contribution in [0.3, 0.4) is 0 Å². The minimum atomic E-state index is -0.516. The van der Waals surface area contributed by atoms with Crippen LogP contribution in [0, 0.1) is 6.92 Å². The Morgan fingerprint density at radius 3 is 2.37 bits per heavy atom. The first-order chi connectivity index (χ1) is 9.15. The van der Waals surface area contributed by atoms with Gasteiger partial charge in [-0.25, -0.2) is 0 Å². The van der Waals surface area contributed by atoms with Gasteiger partial charge in [0.25, 0.3) is 0 Å². The van der Waals surface area contributed by atoms with E-state index in [4.69, 9.17) is 5.73 Å². The molecular formula is C16H21NOS. The van der Waals surface area contributed by atoms with Crippen LogP contribution < -0.4 is 5.73 Å². The molecule has 0 saturated carbocycles. The molecule has 2 unspecified atom stereocenters. The zero-order valence-corrected chi connectivity index (χ0v) is 12.3. The number of thiophene rings is 1. The average molecular weight is 275 g/mol. The molecule has 1 aromatic heterocycles. The first kappa shape index (κ1) is 14.3. The number of aliphatic hydroxyl groups is 1. The van der Waals surface area contributed by atoms with E-state index in [1.165, 1.54) is 10.4 Å². The summed E-state index contributed by atoms with van der Waals surface area (Å²) < 4.78 is 0. The first-order valence-corrected chi connectivity index (χ1v) is 7.50. The highest BCUT2D eigenvalue weighted by Gasteiger charge is 2.22. The van der Waals surface area contributed by atoms with Gasteiger partial charge in [0.2, 0.25) is 0 Å². The molecule has 0 radical (unpaired) electrons. The predicted molar refractivity (Wildman–Crippen MR) is 81.6 cm³/mol. The monoisotopic (exact) mass is 275 g/mol. The Labute approximate surface area is 118 Å². The van der Waals surface area contributed by atoms with Crippen molar-refractivity contribution in [3.8, 4) is 0 Å². The second-order valence-electron chi connectivity index (χ2n) is 4.86. The van der Waals surface area contributed by atoms with Crippen molar-refractivity contribution >= 4 is 11.3 Å². The maximum Gasteiger partial charge on any atom is 0.0962 e. The molecule has 2 atom stereocenters. The van der Waals surface area contributed by atoms with E-state index in [1.807, 2.05) is 6.07 Å². The number of aliphatic hydroxyl groups excluding tert-OH is 1. The SMILES string of the molecule is CCc1ccc(C(O)C(CN)c2ccc(C)cc2)s1. The summed E-state index contributed by atoms with van der Waals surface area (Å²) in [6.45, 7) is 4.64. The number of rotatable bonds is 5. The van der Waals surface area contributed by atoms with Crippen LogP contribution in [0.25, 0.3) is 0 Å². The van der Waals surface area contributed by atoms with E-state index >= 15 is 0 Å². The van der Waals surface area contributed by atoms with Crippen LogP contribution >= 0.6 is 11.3 Å². The smallest absolute Gasteiger partial charge is 0.0962 e. The average Bonchev–Trinajstić information content (AvgIpc) is 2.90. The van der Waals surface area contributed by atoms with Gasteiger partial charge in [-0.05, 0) is 31.0 Å². The Kier molecular flexibility index (Phi) is 4.75. The van der Waals surface area contributed by atoms with E-state index in [-0.39, 0.29) is 5.92 Å². The number of aryl methyl sites for hydroxylation is 2. The van der Waals surface area contributed by atoms with Gasteiger partial charge in [-0.2, -0.15) is 0 Å². The summed E-state index contributed by atoms with van der Waals surface area (Å²) in [6.07, 6.45) is 0.493. The second kappa shape index (κ2) is 6.33. The van der Waals surface area contributed by atoms with E-state index in [0.29, 0.717) is 6.54 Å². The molecule has 102 valence electrons. The van der Waals surface area contributed by atoms with E-state index in [2.05, 4.69) is 44.2 Å². The lowest BCUT2D eigenvalue weighted by Crippen LogP contribution is -2.19. The third-order valence-corrected chi connectivity index (χ3v) is 4.76. The van der Waals surface area contributed by atoms with Gasteiger partial charge < -0.3 is 10.8 Å². The van der Waals surface area contributed by atoms with Crippen molar-refractivity contribution < 1.29 is 5.11 Å². The van der Waals surface area contributed by atoms with E-state index in [1.54, 1.807) is 11.3 Å². The van der Waals surface area contributed by atoms with E-state index in [9.17, 15) is 5.11 Å². The zero-order valence-electron chi connectivity index (χ0n) is 11.5. The van der Waals surface area contributed by atoms with Crippen molar-refractivity contribution in [1.29, 1.82) is 0 Å². The van der Waals surface area contributed by atoms with Crippen LogP contribution in [0.1, 0.15) is 39.8 Å². The lowest BCUT2D eigenvalue weighted by Gasteiger charge is -2.21. The largest absolute Gasteiger partial charge is 0.387 e. The Hall–Kier alpha value is -1.16. The van der Waals surface area contributed by atoms with E-state index < -0.39 is 6.10 Å². The van der Waals surface area contributed by atoms with Crippen molar-refractivity contribution in [3.63, 3.8) is 0 Å². The minimum absolute atomic E-state index is 0.0380. The molecule has 0 aliphatic rings. The fraction of sp³-hybridized carbons (Fsp3) is 0.375. The van der Waals surface area contributed by atoms with Crippen LogP contribution in [-0.2, 0) is 6.42 Å². The second-order valence-corrected chi connectivity index (χ2v) is 6.06. The summed E-state index contributed by atoms with van der Waals surface area (Å²) in [5, 5.41) is 10.5. The molecule has 3 N–H and O–H groups in total. The van der Waals surface area contributed by atoms with Crippen LogP contribution in [0.4, 0.5) is 0 Å². The fourth-order valence-corrected chi connectivity index (χ4v) is 3.21. The van der Waals surface area contributed by atoms with Crippen LogP contribution in [-0.4, -0.2) is 11.7 Å². The first-order valence-electron chi connectivity index (χ1n) is 6.69. The molecule has 2 aromatic rings. The highest BCUT2D eigenvalue weighted by molar-refractivity contribution is 7.12. The summed E-state index contributed by atoms with van der Waals surface area (Å²) in [5.41, 5.74) is 8.19.